The van der Waals surface area contributed by atoms with Crippen molar-refractivity contribution in [2.75, 3.05) is 23.8 Å². The van der Waals surface area contributed by atoms with Gasteiger partial charge in [-0.1, -0.05) is 30.3 Å². The number of amides is 1. The molecule has 0 fully saturated rings. The molecule has 2 aromatic carbocycles. The van der Waals surface area contributed by atoms with Crippen LogP contribution < -0.4 is 10.6 Å². The SMILES string of the molecule is CCN1C(=O)c2ccc(Nc3ncc(-c4nnco4)c(N[C@H](CO)c4ccccc4)n3)cc2C1(C)C. The summed E-state index contributed by atoms with van der Waals surface area (Å²) in [6.45, 7) is 6.54. The van der Waals surface area contributed by atoms with Crippen LogP contribution in [0, 0.1) is 0 Å². The Bertz CT molecular complexity index is 1370. The highest BCUT2D eigenvalue weighted by molar-refractivity contribution is 6.00. The topological polar surface area (TPSA) is 129 Å². The number of carbonyl (C=O) groups excluding carboxylic acids is 1. The number of hydrogen-bond acceptors (Lipinski definition) is 9. The molecule has 1 aliphatic heterocycles. The fourth-order valence-electron chi connectivity index (χ4n) is 4.61. The van der Waals surface area contributed by atoms with Gasteiger partial charge < -0.3 is 25.1 Å². The molecular weight excluding hydrogens is 458 g/mol. The van der Waals surface area contributed by atoms with Crippen molar-refractivity contribution < 1.29 is 14.3 Å². The zero-order valence-corrected chi connectivity index (χ0v) is 20.3. The second-order valence-corrected chi connectivity index (χ2v) is 8.98. The first-order chi connectivity index (χ1) is 17.4. The molecule has 3 N–H and O–H groups in total. The Hall–Kier alpha value is -4.31. The van der Waals surface area contributed by atoms with E-state index in [1.165, 1.54) is 6.39 Å². The van der Waals surface area contributed by atoms with Crippen LogP contribution in [0.4, 0.5) is 17.5 Å². The third-order valence-electron chi connectivity index (χ3n) is 6.48. The molecule has 1 atom stereocenters. The monoisotopic (exact) mass is 485 g/mol. The highest BCUT2D eigenvalue weighted by Gasteiger charge is 2.42. The van der Waals surface area contributed by atoms with Gasteiger partial charge in [0.25, 0.3) is 11.8 Å². The van der Waals surface area contributed by atoms with Crippen molar-refractivity contribution in [2.45, 2.75) is 32.4 Å². The molecule has 0 bridgehead atoms. The van der Waals surface area contributed by atoms with Crippen LogP contribution in [-0.4, -0.2) is 49.2 Å². The van der Waals surface area contributed by atoms with Crippen molar-refractivity contribution in [2.24, 2.45) is 0 Å². The Kier molecular flexibility index (Phi) is 6.11. The molecule has 1 aliphatic rings. The summed E-state index contributed by atoms with van der Waals surface area (Å²) >= 11 is 0. The average molecular weight is 486 g/mol. The first-order valence-corrected chi connectivity index (χ1v) is 11.7. The van der Waals surface area contributed by atoms with Crippen LogP contribution in [0.5, 0.6) is 0 Å². The predicted molar refractivity (Wildman–Crippen MR) is 135 cm³/mol. The van der Waals surface area contributed by atoms with E-state index in [9.17, 15) is 9.90 Å². The van der Waals surface area contributed by atoms with Gasteiger partial charge in [-0.15, -0.1) is 10.2 Å². The van der Waals surface area contributed by atoms with Gasteiger partial charge in [0.1, 0.15) is 5.82 Å². The van der Waals surface area contributed by atoms with Crippen LogP contribution in [0.25, 0.3) is 11.5 Å². The highest BCUT2D eigenvalue weighted by Crippen LogP contribution is 2.40. The Labute approximate surface area is 208 Å². The number of aliphatic hydroxyl groups excluding tert-OH is 1. The minimum atomic E-state index is -0.418. The number of benzene rings is 2. The maximum atomic E-state index is 12.8. The first-order valence-electron chi connectivity index (χ1n) is 11.7. The van der Waals surface area contributed by atoms with E-state index in [1.807, 2.05) is 74.2 Å². The summed E-state index contributed by atoms with van der Waals surface area (Å²) in [4.78, 5) is 23.8. The maximum absolute atomic E-state index is 12.8. The van der Waals surface area contributed by atoms with Gasteiger partial charge in [-0.05, 0) is 50.1 Å². The Morgan fingerprint density at radius 3 is 2.64 bits per heavy atom. The van der Waals surface area contributed by atoms with Gasteiger partial charge in [0.2, 0.25) is 12.3 Å². The van der Waals surface area contributed by atoms with E-state index in [-0.39, 0.29) is 18.4 Å². The molecule has 3 heterocycles. The van der Waals surface area contributed by atoms with E-state index < -0.39 is 11.6 Å². The van der Waals surface area contributed by atoms with E-state index in [0.717, 1.165) is 16.8 Å². The third-order valence-corrected chi connectivity index (χ3v) is 6.48. The van der Waals surface area contributed by atoms with E-state index in [0.29, 0.717) is 29.4 Å². The summed E-state index contributed by atoms with van der Waals surface area (Å²) in [5.74, 6) is 1.05. The summed E-state index contributed by atoms with van der Waals surface area (Å²) in [7, 11) is 0. The summed E-state index contributed by atoms with van der Waals surface area (Å²) in [5, 5.41) is 24.3. The lowest BCUT2D eigenvalue weighted by Gasteiger charge is -2.31. The van der Waals surface area contributed by atoms with Gasteiger partial charge in [0, 0.05) is 24.0 Å². The fourth-order valence-corrected chi connectivity index (χ4v) is 4.61. The van der Waals surface area contributed by atoms with Gasteiger partial charge in [0.15, 0.2) is 0 Å². The maximum Gasteiger partial charge on any atom is 0.254 e. The first kappa shape index (κ1) is 23.4. The number of nitrogens with one attached hydrogen (secondary N) is 2. The van der Waals surface area contributed by atoms with Crippen molar-refractivity contribution in [1.82, 2.24) is 25.1 Å². The molecule has 0 aliphatic carbocycles. The molecule has 184 valence electrons. The lowest BCUT2D eigenvalue weighted by atomic mass is 9.93. The lowest BCUT2D eigenvalue weighted by molar-refractivity contribution is 0.0635. The summed E-state index contributed by atoms with van der Waals surface area (Å²) in [5.41, 5.74) is 3.40. The zero-order chi connectivity index (χ0) is 25.3. The molecule has 0 unspecified atom stereocenters. The van der Waals surface area contributed by atoms with E-state index >= 15 is 0 Å². The Morgan fingerprint density at radius 2 is 1.94 bits per heavy atom. The van der Waals surface area contributed by atoms with Crippen molar-refractivity contribution in [1.29, 1.82) is 0 Å². The smallest absolute Gasteiger partial charge is 0.254 e. The molecule has 1 amide bonds. The van der Waals surface area contributed by atoms with Crippen molar-refractivity contribution >= 4 is 23.4 Å². The molecule has 10 nitrogen and oxygen atoms in total. The number of nitrogens with zero attached hydrogens (tertiary/aromatic N) is 5. The number of aromatic nitrogens is 4. The van der Waals surface area contributed by atoms with Crippen molar-refractivity contribution in [3.63, 3.8) is 0 Å². The van der Waals surface area contributed by atoms with Crippen molar-refractivity contribution in [3.05, 3.63) is 77.8 Å². The van der Waals surface area contributed by atoms with Crippen LogP contribution in [0.2, 0.25) is 0 Å². The van der Waals surface area contributed by atoms with Crippen LogP contribution in [-0.2, 0) is 5.54 Å². The van der Waals surface area contributed by atoms with Crippen molar-refractivity contribution in [3.8, 4) is 11.5 Å². The molecule has 0 saturated heterocycles. The van der Waals surface area contributed by atoms with Gasteiger partial charge in [-0.2, -0.15) is 4.98 Å². The molecule has 4 aromatic rings. The predicted octanol–water partition coefficient (Wildman–Crippen LogP) is 4.13. The summed E-state index contributed by atoms with van der Waals surface area (Å²) in [6, 6.07) is 14.8. The van der Waals surface area contributed by atoms with Crippen LogP contribution in [0.15, 0.2) is 65.5 Å². The fraction of sp³-hybridized carbons (Fsp3) is 0.269. The second-order valence-electron chi connectivity index (χ2n) is 8.98. The van der Waals surface area contributed by atoms with Gasteiger partial charge in [-0.25, -0.2) is 4.98 Å². The van der Waals surface area contributed by atoms with Gasteiger partial charge in [-0.3, -0.25) is 4.79 Å². The number of hydrogen-bond donors (Lipinski definition) is 3. The minimum absolute atomic E-state index is 0.0339. The quantitative estimate of drug-likeness (QED) is 0.337. The Balaban J connectivity index is 1.48. The van der Waals surface area contributed by atoms with Gasteiger partial charge >= 0.3 is 0 Å². The van der Waals surface area contributed by atoms with Crippen LogP contribution in [0.3, 0.4) is 0 Å². The van der Waals surface area contributed by atoms with E-state index in [2.05, 4.69) is 30.8 Å². The molecule has 0 spiro atoms. The van der Waals surface area contributed by atoms with Crippen LogP contribution in [0.1, 0.15) is 48.3 Å². The molecule has 5 rings (SSSR count). The Morgan fingerprint density at radius 1 is 1.14 bits per heavy atom. The number of aliphatic hydroxyl groups is 1. The third kappa shape index (κ3) is 4.16. The second kappa shape index (κ2) is 9.38. The molecule has 10 heteroatoms. The largest absolute Gasteiger partial charge is 0.423 e. The normalized spacial score (nSPS) is 15.0. The molecule has 0 radical (unpaired) electrons. The molecule has 0 saturated carbocycles. The number of carbonyl (C=O) groups is 1. The van der Waals surface area contributed by atoms with E-state index in [4.69, 9.17) is 4.42 Å². The highest BCUT2D eigenvalue weighted by atomic mass is 16.4. The standard InChI is InChI=1S/C26H27N7O3/c1-4-33-24(35)18-11-10-17(12-20(18)26(33,2)3)29-25-27-13-19(23-32-28-15-36-23)22(31-25)30-21(14-34)16-8-6-5-7-9-16/h5-13,15,21,34H,4,14H2,1-3H3,(H2,27,29,30,31)/t21-/m1/s1. The zero-order valence-electron chi connectivity index (χ0n) is 20.3. The molecule has 2 aromatic heterocycles. The number of fused-ring (bicyclic) bond motifs is 1. The lowest BCUT2D eigenvalue weighted by Crippen LogP contribution is -2.38. The van der Waals surface area contributed by atoms with E-state index in [1.54, 1.807) is 6.20 Å². The van der Waals surface area contributed by atoms with Gasteiger partial charge in [0.05, 0.1) is 23.8 Å². The summed E-state index contributed by atoms with van der Waals surface area (Å²) in [6.07, 6.45) is 2.82. The molecular formula is C26H27N7O3. The molecule has 36 heavy (non-hydrogen) atoms. The average Bonchev–Trinajstić information content (AvgIpc) is 3.48. The number of anilines is 3. The van der Waals surface area contributed by atoms with Crippen LogP contribution >= 0.6 is 0 Å². The number of rotatable bonds is 8. The summed E-state index contributed by atoms with van der Waals surface area (Å²) < 4.78 is 5.38. The minimum Gasteiger partial charge on any atom is -0.423 e.